The van der Waals surface area contributed by atoms with Crippen LogP contribution in [0.15, 0.2) is 54.6 Å². The molecule has 2 nitrogen and oxygen atoms in total. The van der Waals surface area contributed by atoms with Crippen molar-refractivity contribution in [2.45, 2.75) is 18.4 Å². The third-order valence-corrected chi connectivity index (χ3v) is 3.76. The Morgan fingerprint density at radius 3 is 2.50 bits per heavy atom. The molecule has 0 spiro atoms. The van der Waals surface area contributed by atoms with E-state index < -0.39 is 0 Å². The fourth-order valence-electron chi connectivity index (χ4n) is 2.87. The van der Waals surface area contributed by atoms with Crippen molar-refractivity contribution in [1.82, 2.24) is 0 Å². The Kier molecular flexibility index (Phi) is 3.03. The molecule has 2 aromatic carbocycles. The standard InChI is InChI=1S/C16H18N2/c17-11-15-14-9-5-4-6-12(14)10-16(15)18-13-7-2-1-3-8-13/h1-9,15-16,18H,10-11,17H2. The van der Waals surface area contributed by atoms with E-state index in [4.69, 9.17) is 5.73 Å². The van der Waals surface area contributed by atoms with Gasteiger partial charge in [0.25, 0.3) is 0 Å². The monoisotopic (exact) mass is 238 g/mol. The van der Waals surface area contributed by atoms with Crippen molar-refractivity contribution in [1.29, 1.82) is 0 Å². The van der Waals surface area contributed by atoms with E-state index in [2.05, 4.69) is 53.8 Å². The van der Waals surface area contributed by atoms with Gasteiger partial charge >= 0.3 is 0 Å². The van der Waals surface area contributed by atoms with Crippen molar-refractivity contribution in [3.63, 3.8) is 0 Å². The van der Waals surface area contributed by atoms with Crippen LogP contribution >= 0.6 is 0 Å². The minimum atomic E-state index is 0.412. The lowest BCUT2D eigenvalue weighted by atomic mass is 9.98. The Morgan fingerprint density at radius 1 is 1.00 bits per heavy atom. The average Bonchev–Trinajstić information content (AvgIpc) is 2.77. The Bertz CT molecular complexity index is 522. The highest BCUT2D eigenvalue weighted by Crippen LogP contribution is 2.34. The maximum Gasteiger partial charge on any atom is 0.0382 e. The molecule has 18 heavy (non-hydrogen) atoms. The summed E-state index contributed by atoms with van der Waals surface area (Å²) < 4.78 is 0. The highest BCUT2D eigenvalue weighted by molar-refractivity contribution is 5.48. The number of benzene rings is 2. The molecular formula is C16H18N2. The van der Waals surface area contributed by atoms with Crippen LogP contribution in [0.1, 0.15) is 17.0 Å². The molecule has 0 aliphatic heterocycles. The first kappa shape index (κ1) is 11.3. The number of anilines is 1. The van der Waals surface area contributed by atoms with Crippen LogP contribution in [-0.2, 0) is 6.42 Å². The van der Waals surface area contributed by atoms with E-state index in [1.165, 1.54) is 16.8 Å². The molecule has 0 radical (unpaired) electrons. The van der Waals surface area contributed by atoms with E-state index in [0.29, 0.717) is 18.5 Å². The summed E-state index contributed by atoms with van der Waals surface area (Å²) in [6.45, 7) is 0.696. The van der Waals surface area contributed by atoms with Gasteiger partial charge in [-0.3, -0.25) is 0 Å². The second kappa shape index (κ2) is 4.83. The molecule has 1 aliphatic rings. The fraction of sp³-hybridized carbons (Fsp3) is 0.250. The van der Waals surface area contributed by atoms with Crippen molar-refractivity contribution in [2.75, 3.05) is 11.9 Å². The molecule has 2 unspecified atom stereocenters. The van der Waals surface area contributed by atoms with E-state index in [1.807, 2.05) is 6.07 Å². The van der Waals surface area contributed by atoms with Gasteiger partial charge in [-0.05, 0) is 29.7 Å². The molecule has 2 heteroatoms. The predicted octanol–water partition coefficient (Wildman–Crippen LogP) is 2.77. The molecule has 3 N–H and O–H groups in total. The molecule has 0 heterocycles. The molecule has 0 amide bonds. The fourth-order valence-corrected chi connectivity index (χ4v) is 2.87. The van der Waals surface area contributed by atoms with E-state index in [0.717, 1.165) is 6.42 Å². The number of hydrogen-bond donors (Lipinski definition) is 2. The maximum atomic E-state index is 5.95. The van der Waals surface area contributed by atoms with Crippen LogP contribution in [-0.4, -0.2) is 12.6 Å². The molecule has 3 rings (SSSR count). The minimum Gasteiger partial charge on any atom is -0.381 e. The predicted molar refractivity (Wildman–Crippen MR) is 75.8 cm³/mol. The van der Waals surface area contributed by atoms with E-state index >= 15 is 0 Å². The van der Waals surface area contributed by atoms with Crippen molar-refractivity contribution in [2.24, 2.45) is 5.73 Å². The maximum absolute atomic E-state index is 5.95. The minimum absolute atomic E-state index is 0.412. The van der Waals surface area contributed by atoms with E-state index in [-0.39, 0.29) is 0 Å². The highest BCUT2D eigenvalue weighted by Gasteiger charge is 2.30. The molecule has 92 valence electrons. The van der Waals surface area contributed by atoms with Crippen LogP contribution in [0.25, 0.3) is 0 Å². The van der Waals surface area contributed by atoms with Gasteiger partial charge in [0.2, 0.25) is 0 Å². The van der Waals surface area contributed by atoms with Gasteiger partial charge < -0.3 is 11.1 Å². The van der Waals surface area contributed by atoms with Crippen molar-refractivity contribution in [3.8, 4) is 0 Å². The first-order chi connectivity index (χ1) is 8.88. The first-order valence-corrected chi connectivity index (χ1v) is 6.48. The van der Waals surface area contributed by atoms with Gasteiger partial charge in [-0.2, -0.15) is 0 Å². The third-order valence-electron chi connectivity index (χ3n) is 3.76. The summed E-state index contributed by atoms with van der Waals surface area (Å²) in [5.41, 5.74) is 9.97. The van der Waals surface area contributed by atoms with Crippen LogP contribution in [0.4, 0.5) is 5.69 Å². The summed E-state index contributed by atoms with van der Waals surface area (Å²) in [7, 11) is 0. The molecule has 2 aromatic rings. The SMILES string of the molecule is NCC1c2ccccc2CC1Nc1ccccc1. The Hall–Kier alpha value is -1.80. The highest BCUT2D eigenvalue weighted by atomic mass is 14.9. The van der Waals surface area contributed by atoms with Crippen LogP contribution in [0.5, 0.6) is 0 Å². The summed E-state index contributed by atoms with van der Waals surface area (Å²) >= 11 is 0. The van der Waals surface area contributed by atoms with Gasteiger partial charge in [-0.15, -0.1) is 0 Å². The molecule has 2 atom stereocenters. The normalized spacial score (nSPS) is 21.6. The summed E-state index contributed by atoms with van der Waals surface area (Å²) in [5, 5.41) is 3.61. The quantitative estimate of drug-likeness (QED) is 0.863. The summed E-state index contributed by atoms with van der Waals surface area (Å²) in [5.74, 6) is 0.418. The van der Waals surface area contributed by atoms with Crippen LogP contribution < -0.4 is 11.1 Å². The molecule has 0 bridgehead atoms. The molecule has 0 fully saturated rings. The number of hydrogen-bond acceptors (Lipinski definition) is 2. The molecular weight excluding hydrogens is 220 g/mol. The first-order valence-electron chi connectivity index (χ1n) is 6.48. The third kappa shape index (κ3) is 2.00. The lowest BCUT2D eigenvalue weighted by Gasteiger charge is -2.21. The van der Waals surface area contributed by atoms with Gasteiger partial charge in [0.1, 0.15) is 0 Å². The molecule has 0 saturated heterocycles. The Morgan fingerprint density at radius 2 is 1.72 bits per heavy atom. The second-order valence-corrected chi connectivity index (χ2v) is 4.86. The largest absolute Gasteiger partial charge is 0.381 e. The second-order valence-electron chi connectivity index (χ2n) is 4.86. The molecule has 0 aromatic heterocycles. The van der Waals surface area contributed by atoms with Gasteiger partial charge in [-0.1, -0.05) is 42.5 Å². The average molecular weight is 238 g/mol. The summed E-state index contributed by atoms with van der Waals surface area (Å²) in [6.07, 6.45) is 1.06. The van der Waals surface area contributed by atoms with Crippen LogP contribution in [0.3, 0.4) is 0 Å². The van der Waals surface area contributed by atoms with Gasteiger partial charge in [-0.25, -0.2) is 0 Å². The van der Waals surface area contributed by atoms with Crippen molar-refractivity contribution in [3.05, 3.63) is 65.7 Å². The van der Waals surface area contributed by atoms with E-state index in [9.17, 15) is 0 Å². The summed E-state index contributed by atoms with van der Waals surface area (Å²) in [4.78, 5) is 0. The lowest BCUT2D eigenvalue weighted by molar-refractivity contribution is 0.615. The zero-order chi connectivity index (χ0) is 12.4. The number of para-hydroxylation sites is 1. The lowest BCUT2D eigenvalue weighted by Crippen LogP contribution is -2.29. The van der Waals surface area contributed by atoms with E-state index in [1.54, 1.807) is 0 Å². The van der Waals surface area contributed by atoms with Crippen LogP contribution in [0, 0.1) is 0 Å². The molecule has 1 aliphatic carbocycles. The smallest absolute Gasteiger partial charge is 0.0382 e. The van der Waals surface area contributed by atoms with Crippen LogP contribution in [0.2, 0.25) is 0 Å². The Balaban J connectivity index is 1.83. The van der Waals surface area contributed by atoms with Gasteiger partial charge in [0.05, 0.1) is 0 Å². The zero-order valence-electron chi connectivity index (χ0n) is 10.3. The molecule has 0 saturated carbocycles. The zero-order valence-corrected chi connectivity index (χ0v) is 10.3. The number of nitrogens with two attached hydrogens (primary N) is 1. The van der Waals surface area contributed by atoms with Crippen molar-refractivity contribution < 1.29 is 0 Å². The number of fused-ring (bicyclic) bond motifs is 1. The topological polar surface area (TPSA) is 38.0 Å². The number of nitrogens with one attached hydrogen (secondary N) is 1. The number of rotatable bonds is 3. The summed E-state index contributed by atoms with van der Waals surface area (Å²) in [6, 6.07) is 19.4. The van der Waals surface area contributed by atoms with Crippen molar-refractivity contribution >= 4 is 5.69 Å². The Labute approximate surface area is 108 Å². The van der Waals surface area contributed by atoms with Gasteiger partial charge in [0.15, 0.2) is 0 Å². The van der Waals surface area contributed by atoms with Gasteiger partial charge in [0, 0.05) is 24.2 Å².